The molecular weight excluding hydrogens is 406 g/mol. The van der Waals surface area contributed by atoms with Crippen molar-refractivity contribution in [3.8, 4) is 28.4 Å². The van der Waals surface area contributed by atoms with Gasteiger partial charge in [-0.3, -0.25) is 0 Å². The third-order valence-corrected chi connectivity index (χ3v) is 4.04. The van der Waals surface area contributed by atoms with Gasteiger partial charge in [0.1, 0.15) is 11.5 Å². The Hall–Kier alpha value is -2.63. The molecule has 0 bridgehead atoms. The molecule has 0 aliphatic heterocycles. The van der Waals surface area contributed by atoms with Crippen LogP contribution in [-0.4, -0.2) is 27.4 Å². The maximum Gasteiger partial charge on any atom is 0.573 e. The van der Waals surface area contributed by atoms with Gasteiger partial charge >= 0.3 is 22.0 Å². The van der Waals surface area contributed by atoms with Crippen LogP contribution in [0, 0.1) is 0 Å². The van der Waals surface area contributed by atoms with Crippen LogP contribution in [-0.2, 0) is 10.1 Å². The van der Waals surface area contributed by atoms with Gasteiger partial charge in [0.05, 0.1) is 7.11 Å². The van der Waals surface area contributed by atoms with E-state index in [1.807, 2.05) is 0 Å². The fraction of sp³-hybridized carbons (Fsp3) is 0.200. The molecule has 27 heavy (non-hydrogen) atoms. The summed E-state index contributed by atoms with van der Waals surface area (Å²) in [5.41, 5.74) is -5.81. The van der Waals surface area contributed by atoms with Gasteiger partial charge in [0.25, 0.3) is 0 Å². The lowest BCUT2D eigenvalue weighted by Gasteiger charge is -2.15. The van der Waals surface area contributed by atoms with Gasteiger partial charge in [-0.1, -0.05) is 12.1 Å². The standard InChI is InChI=1S/C15H10F6O5S/c1-24-10-4-2-9(3-5-10)12-7-6-11(25-14(16,17)18)8-13(12)26-27(22,23)15(19,20)21/h2-8H,1H3. The average molecular weight is 416 g/mol. The number of hydrogen-bond acceptors (Lipinski definition) is 5. The molecule has 2 aromatic rings. The highest BCUT2D eigenvalue weighted by Gasteiger charge is 2.49. The molecule has 0 aromatic heterocycles. The van der Waals surface area contributed by atoms with Crippen LogP contribution in [0.4, 0.5) is 26.3 Å². The monoisotopic (exact) mass is 416 g/mol. The lowest BCUT2D eigenvalue weighted by molar-refractivity contribution is -0.274. The summed E-state index contributed by atoms with van der Waals surface area (Å²) < 4.78 is 110. The van der Waals surface area contributed by atoms with Crippen LogP contribution < -0.4 is 13.7 Å². The van der Waals surface area contributed by atoms with E-state index in [1.54, 1.807) is 0 Å². The summed E-state index contributed by atoms with van der Waals surface area (Å²) in [4.78, 5) is 0. The predicted molar refractivity (Wildman–Crippen MR) is 80.7 cm³/mol. The molecule has 12 heteroatoms. The molecule has 0 heterocycles. The van der Waals surface area contributed by atoms with Gasteiger partial charge in [-0.2, -0.15) is 21.6 Å². The fourth-order valence-electron chi connectivity index (χ4n) is 1.94. The van der Waals surface area contributed by atoms with Gasteiger partial charge in [0.15, 0.2) is 5.75 Å². The van der Waals surface area contributed by atoms with Crippen molar-refractivity contribution < 1.29 is 48.4 Å². The van der Waals surface area contributed by atoms with Crippen LogP contribution in [0.25, 0.3) is 11.1 Å². The largest absolute Gasteiger partial charge is 0.573 e. The lowest BCUT2D eigenvalue weighted by Crippen LogP contribution is -2.28. The Morgan fingerprint density at radius 3 is 1.89 bits per heavy atom. The van der Waals surface area contributed by atoms with Crippen LogP contribution in [0.2, 0.25) is 0 Å². The highest BCUT2D eigenvalue weighted by molar-refractivity contribution is 7.88. The Kier molecular flexibility index (Phi) is 5.50. The molecule has 0 fully saturated rings. The summed E-state index contributed by atoms with van der Waals surface area (Å²) in [5, 5.41) is 0. The van der Waals surface area contributed by atoms with Gasteiger partial charge in [0.2, 0.25) is 0 Å². The molecule has 5 nitrogen and oxygen atoms in total. The second kappa shape index (κ2) is 7.18. The van der Waals surface area contributed by atoms with Crippen molar-refractivity contribution >= 4 is 10.1 Å². The SMILES string of the molecule is COc1ccc(-c2ccc(OC(F)(F)F)cc2OS(=O)(=O)C(F)(F)F)cc1. The number of methoxy groups -OCH3 is 1. The minimum Gasteiger partial charge on any atom is -0.497 e. The van der Waals surface area contributed by atoms with Crippen molar-refractivity contribution in [2.24, 2.45) is 0 Å². The molecule has 0 amide bonds. The van der Waals surface area contributed by atoms with Crippen LogP contribution in [0.5, 0.6) is 17.2 Å². The van der Waals surface area contributed by atoms with Crippen LogP contribution in [0.15, 0.2) is 42.5 Å². The molecule has 0 N–H and O–H groups in total. The molecule has 0 aliphatic rings. The van der Waals surface area contributed by atoms with E-state index in [1.165, 1.54) is 31.4 Å². The first-order chi connectivity index (χ1) is 12.3. The first-order valence-corrected chi connectivity index (χ1v) is 8.28. The highest BCUT2D eigenvalue weighted by atomic mass is 32.2. The minimum atomic E-state index is -6.12. The quantitative estimate of drug-likeness (QED) is 0.408. The number of halogens is 6. The van der Waals surface area contributed by atoms with E-state index in [0.29, 0.717) is 11.8 Å². The van der Waals surface area contributed by atoms with Crippen molar-refractivity contribution in [2.45, 2.75) is 11.9 Å². The zero-order valence-electron chi connectivity index (χ0n) is 13.3. The van der Waals surface area contributed by atoms with Gasteiger partial charge in [-0.05, 0) is 29.8 Å². The molecule has 0 saturated carbocycles. The van der Waals surface area contributed by atoms with E-state index in [-0.39, 0.29) is 11.1 Å². The average Bonchev–Trinajstić information content (AvgIpc) is 2.52. The Morgan fingerprint density at radius 2 is 1.41 bits per heavy atom. The molecule has 148 valence electrons. The number of rotatable bonds is 5. The zero-order chi connectivity index (χ0) is 20.5. The molecule has 0 radical (unpaired) electrons. The topological polar surface area (TPSA) is 61.8 Å². The van der Waals surface area contributed by atoms with Crippen molar-refractivity contribution in [3.63, 3.8) is 0 Å². The number of benzene rings is 2. The van der Waals surface area contributed by atoms with Gasteiger partial charge in [0, 0.05) is 11.6 Å². The molecule has 0 unspecified atom stereocenters. The third-order valence-electron chi connectivity index (χ3n) is 3.07. The van der Waals surface area contributed by atoms with E-state index in [4.69, 9.17) is 4.74 Å². The summed E-state index contributed by atoms with van der Waals surface area (Å²) in [6.45, 7) is 0. The summed E-state index contributed by atoms with van der Waals surface area (Å²) >= 11 is 0. The van der Waals surface area contributed by atoms with Crippen molar-refractivity contribution in [1.29, 1.82) is 0 Å². The predicted octanol–water partition coefficient (Wildman–Crippen LogP) is 4.49. The Morgan fingerprint density at radius 1 is 0.852 bits per heavy atom. The molecule has 0 atom stereocenters. The van der Waals surface area contributed by atoms with Crippen molar-refractivity contribution in [1.82, 2.24) is 0 Å². The maximum absolute atomic E-state index is 12.6. The first kappa shape index (κ1) is 20.7. The number of hydrogen-bond donors (Lipinski definition) is 0. The first-order valence-electron chi connectivity index (χ1n) is 6.87. The smallest absolute Gasteiger partial charge is 0.497 e. The Bertz CT molecular complexity index is 904. The van der Waals surface area contributed by atoms with E-state index in [2.05, 4.69) is 8.92 Å². The van der Waals surface area contributed by atoms with E-state index in [9.17, 15) is 34.8 Å². The maximum atomic E-state index is 12.6. The van der Waals surface area contributed by atoms with E-state index in [0.717, 1.165) is 12.1 Å². The fourth-order valence-corrected chi connectivity index (χ4v) is 2.41. The van der Waals surface area contributed by atoms with E-state index < -0.39 is 33.5 Å². The van der Waals surface area contributed by atoms with Gasteiger partial charge in [-0.15, -0.1) is 13.2 Å². The Balaban J connectivity index is 2.54. The summed E-state index contributed by atoms with van der Waals surface area (Å²) in [7, 11) is -4.75. The summed E-state index contributed by atoms with van der Waals surface area (Å²) in [6, 6.07) is 7.67. The number of ether oxygens (including phenoxy) is 2. The highest BCUT2D eigenvalue weighted by Crippen LogP contribution is 2.38. The van der Waals surface area contributed by atoms with Crippen LogP contribution in [0.1, 0.15) is 0 Å². The molecule has 0 spiro atoms. The minimum absolute atomic E-state index is 0.168. The third kappa shape index (κ3) is 5.18. The lowest BCUT2D eigenvalue weighted by atomic mass is 10.0. The molecule has 0 saturated heterocycles. The second-order valence-electron chi connectivity index (χ2n) is 4.92. The van der Waals surface area contributed by atoms with Gasteiger partial charge < -0.3 is 13.7 Å². The van der Waals surface area contributed by atoms with E-state index >= 15 is 0 Å². The Labute approximate surface area is 149 Å². The van der Waals surface area contributed by atoms with Crippen LogP contribution in [0.3, 0.4) is 0 Å². The van der Waals surface area contributed by atoms with Crippen LogP contribution >= 0.6 is 0 Å². The number of alkyl halides is 6. The van der Waals surface area contributed by atoms with Crippen molar-refractivity contribution in [3.05, 3.63) is 42.5 Å². The normalized spacial score (nSPS) is 12.6. The molecular formula is C15H10F6O5S. The van der Waals surface area contributed by atoms with Gasteiger partial charge in [-0.25, -0.2) is 0 Å². The zero-order valence-corrected chi connectivity index (χ0v) is 14.1. The molecule has 2 rings (SSSR count). The summed E-state index contributed by atoms with van der Waals surface area (Å²) in [5.74, 6) is -1.55. The second-order valence-corrected chi connectivity index (χ2v) is 6.46. The molecule has 2 aromatic carbocycles. The summed E-state index contributed by atoms with van der Waals surface area (Å²) in [6.07, 6.45) is -5.14. The van der Waals surface area contributed by atoms with Crippen molar-refractivity contribution in [2.75, 3.05) is 7.11 Å². The molecule has 0 aliphatic carbocycles.